The fraction of sp³-hybridized carbons (Fsp3) is 0.778. The molecule has 0 bridgehead atoms. The van der Waals surface area contributed by atoms with E-state index in [2.05, 4.69) is 37.8 Å². The summed E-state index contributed by atoms with van der Waals surface area (Å²) in [6, 6.07) is 1.38. The molecule has 0 aromatic carbocycles. The SMILES string of the molecule is CN=C(NCCCc1nc(C)cs1)NC1CCN(C2CCCC2)C1. The third-order valence-corrected chi connectivity index (χ3v) is 6.18. The van der Waals surface area contributed by atoms with E-state index in [4.69, 9.17) is 0 Å². The summed E-state index contributed by atoms with van der Waals surface area (Å²) in [5.41, 5.74) is 1.13. The van der Waals surface area contributed by atoms with Crippen molar-refractivity contribution in [2.24, 2.45) is 4.99 Å². The van der Waals surface area contributed by atoms with E-state index in [1.165, 1.54) is 50.2 Å². The summed E-state index contributed by atoms with van der Waals surface area (Å²) >= 11 is 1.76. The van der Waals surface area contributed by atoms with E-state index in [9.17, 15) is 0 Å². The van der Waals surface area contributed by atoms with Crippen molar-refractivity contribution in [3.8, 4) is 0 Å². The Morgan fingerprint density at radius 2 is 2.21 bits per heavy atom. The zero-order chi connectivity index (χ0) is 16.8. The van der Waals surface area contributed by atoms with Crippen molar-refractivity contribution in [3.63, 3.8) is 0 Å². The molecule has 1 atom stereocenters. The molecule has 2 heterocycles. The monoisotopic (exact) mass is 349 g/mol. The second kappa shape index (κ2) is 8.81. The maximum Gasteiger partial charge on any atom is 0.191 e. The molecule has 1 unspecified atom stereocenters. The first-order chi connectivity index (χ1) is 11.7. The molecule has 1 aliphatic carbocycles. The van der Waals surface area contributed by atoms with E-state index in [0.717, 1.165) is 37.1 Å². The van der Waals surface area contributed by atoms with Gasteiger partial charge in [0.15, 0.2) is 5.96 Å². The van der Waals surface area contributed by atoms with Crippen molar-refractivity contribution in [2.45, 2.75) is 64.0 Å². The van der Waals surface area contributed by atoms with Crippen LogP contribution in [0, 0.1) is 6.92 Å². The highest BCUT2D eigenvalue weighted by Gasteiger charge is 2.30. The predicted octanol–water partition coefficient (Wildman–Crippen LogP) is 2.57. The van der Waals surface area contributed by atoms with Crippen LogP contribution in [-0.4, -0.2) is 54.6 Å². The molecule has 2 fully saturated rings. The Morgan fingerprint density at radius 1 is 1.38 bits per heavy atom. The van der Waals surface area contributed by atoms with E-state index in [0.29, 0.717) is 6.04 Å². The molecule has 1 aromatic rings. The van der Waals surface area contributed by atoms with Gasteiger partial charge in [0, 0.05) is 56.3 Å². The maximum atomic E-state index is 4.52. The van der Waals surface area contributed by atoms with E-state index in [1.54, 1.807) is 11.3 Å². The number of aromatic nitrogens is 1. The first-order valence-corrected chi connectivity index (χ1v) is 10.2. The van der Waals surface area contributed by atoms with Gasteiger partial charge in [-0.3, -0.25) is 9.89 Å². The van der Waals surface area contributed by atoms with Crippen LogP contribution < -0.4 is 10.6 Å². The van der Waals surface area contributed by atoms with Gasteiger partial charge < -0.3 is 10.6 Å². The van der Waals surface area contributed by atoms with Crippen molar-refractivity contribution in [1.29, 1.82) is 0 Å². The van der Waals surface area contributed by atoms with E-state index in [1.807, 2.05) is 7.05 Å². The average molecular weight is 350 g/mol. The number of aryl methyl sites for hydroxylation is 2. The molecule has 0 amide bonds. The van der Waals surface area contributed by atoms with Crippen molar-refractivity contribution < 1.29 is 0 Å². The lowest BCUT2D eigenvalue weighted by Gasteiger charge is -2.24. The molecule has 2 aliphatic rings. The molecule has 1 saturated carbocycles. The van der Waals surface area contributed by atoms with E-state index in [-0.39, 0.29) is 0 Å². The molecule has 24 heavy (non-hydrogen) atoms. The number of nitrogens with one attached hydrogen (secondary N) is 2. The third-order valence-electron chi connectivity index (χ3n) is 5.15. The molecule has 3 rings (SSSR count). The minimum absolute atomic E-state index is 0.540. The number of likely N-dealkylation sites (tertiary alicyclic amines) is 1. The number of hydrogen-bond acceptors (Lipinski definition) is 4. The fourth-order valence-corrected chi connectivity index (χ4v) is 4.68. The van der Waals surface area contributed by atoms with Crippen LogP contribution in [0.15, 0.2) is 10.4 Å². The van der Waals surface area contributed by atoms with E-state index >= 15 is 0 Å². The van der Waals surface area contributed by atoms with Gasteiger partial charge in [0.05, 0.1) is 5.01 Å². The quantitative estimate of drug-likeness (QED) is 0.471. The molecule has 1 aromatic heterocycles. The van der Waals surface area contributed by atoms with Gasteiger partial charge in [-0.1, -0.05) is 12.8 Å². The number of guanidine groups is 1. The Labute approximate surface area is 150 Å². The number of rotatable bonds is 6. The molecule has 0 spiro atoms. The molecule has 0 radical (unpaired) electrons. The number of hydrogen-bond donors (Lipinski definition) is 2. The molecule has 6 heteroatoms. The third kappa shape index (κ3) is 4.93. The number of nitrogens with zero attached hydrogens (tertiary/aromatic N) is 3. The average Bonchev–Trinajstić information content (AvgIpc) is 3.31. The van der Waals surface area contributed by atoms with Crippen LogP contribution in [0.5, 0.6) is 0 Å². The van der Waals surface area contributed by atoms with Crippen LogP contribution in [0.3, 0.4) is 0 Å². The van der Waals surface area contributed by atoms with Gasteiger partial charge in [-0.15, -0.1) is 11.3 Å². The summed E-state index contributed by atoms with van der Waals surface area (Å²) in [5, 5.41) is 10.4. The van der Waals surface area contributed by atoms with Crippen LogP contribution in [0.1, 0.15) is 49.2 Å². The fourth-order valence-electron chi connectivity index (χ4n) is 3.86. The largest absolute Gasteiger partial charge is 0.356 e. The van der Waals surface area contributed by atoms with Gasteiger partial charge in [0.25, 0.3) is 0 Å². The highest BCUT2D eigenvalue weighted by Crippen LogP contribution is 2.26. The Hall–Kier alpha value is -1.14. The van der Waals surface area contributed by atoms with Crippen LogP contribution in [0.4, 0.5) is 0 Å². The summed E-state index contributed by atoms with van der Waals surface area (Å²) in [6.45, 7) is 5.41. The highest BCUT2D eigenvalue weighted by atomic mass is 32.1. The van der Waals surface area contributed by atoms with Crippen molar-refractivity contribution in [2.75, 3.05) is 26.7 Å². The number of thiazole rings is 1. The normalized spacial score (nSPS) is 23.1. The standard InChI is InChI=1S/C18H31N5S/c1-14-13-24-17(21-14)8-5-10-20-18(19-2)22-15-9-11-23(12-15)16-6-3-4-7-16/h13,15-16H,3-12H2,1-2H3,(H2,19,20,22). The lowest BCUT2D eigenvalue weighted by molar-refractivity contribution is 0.242. The Kier molecular flexibility index (Phi) is 6.49. The molecule has 1 aliphatic heterocycles. The lowest BCUT2D eigenvalue weighted by Crippen LogP contribution is -2.45. The minimum atomic E-state index is 0.540. The summed E-state index contributed by atoms with van der Waals surface area (Å²) in [5.74, 6) is 0.948. The highest BCUT2D eigenvalue weighted by molar-refractivity contribution is 7.09. The first-order valence-electron chi connectivity index (χ1n) is 9.37. The lowest BCUT2D eigenvalue weighted by atomic mass is 10.2. The molecular formula is C18H31N5S. The zero-order valence-electron chi connectivity index (χ0n) is 15.1. The molecule has 2 N–H and O–H groups in total. The topological polar surface area (TPSA) is 52.6 Å². The van der Waals surface area contributed by atoms with Gasteiger partial charge in [0.2, 0.25) is 0 Å². The smallest absolute Gasteiger partial charge is 0.191 e. The van der Waals surface area contributed by atoms with Gasteiger partial charge in [-0.2, -0.15) is 0 Å². The van der Waals surface area contributed by atoms with Gasteiger partial charge >= 0.3 is 0 Å². The molecular weight excluding hydrogens is 318 g/mol. The molecule has 1 saturated heterocycles. The Morgan fingerprint density at radius 3 is 2.92 bits per heavy atom. The van der Waals surface area contributed by atoms with Crippen molar-refractivity contribution in [1.82, 2.24) is 20.5 Å². The summed E-state index contributed by atoms with van der Waals surface area (Å²) in [6.07, 6.45) is 9.00. The van der Waals surface area contributed by atoms with Crippen molar-refractivity contribution >= 4 is 17.3 Å². The van der Waals surface area contributed by atoms with Gasteiger partial charge in [-0.05, 0) is 32.6 Å². The Balaban J connectivity index is 1.34. The molecule has 134 valence electrons. The summed E-state index contributed by atoms with van der Waals surface area (Å²) in [4.78, 5) is 11.6. The van der Waals surface area contributed by atoms with Gasteiger partial charge in [-0.25, -0.2) is 4.98 Å². The minimum Gasteiger partial charge on any atom is -0.356 e. The van der Waals surface area contributed by atoms with E-state index < -0.39 is 0 Å². The summed E-state index contributed by atoms with van der Waals surface area (Å²) < 4.78 is 0. The first kappa shape index (κ1) is 17.7. The Bertz CT molecular complexity index is 535. The maximum absolute atomic E-state index is 4.52. The summed E-state index contributed by atoms with van der Waals surface area (Å²) in [7, 11) is 1.86. The zero-order valence-corrected chi connectivity index (χ0v) is 15.9. The van der Waals surface area contributed by atoms with Crippen LogP contribution >= 0.6 is 11.3 Å². The van der Waals surface area contributed by atoms with Crippen LogP contribution in [0.25, 0.3) is 0 Å². The second-order valence-electron chi connectivity index (χ2n) is 7.05. The van der Waals surface area contributed by atoms with Crippen LogP contribution in [0.2, 0.25) is 0 Å². The molecule has 5 nitrogen and oxygen atoms in total. The van der Waals surface area contributed by atoms with Gasteiger partial charge in [0.1, 0.15) is 0 Å². The number of aliphatic imine (C=N–C) groups is 1. The predicted molar refractivity (Wildman–Crippen MR) is 102 cm³/mol. The van der Waals surface area contributed by atoms with Crippen LogP contribution in [-0.2, 0) is 6.42 Å². The second-order valence-corrected chi connectivity index (χ2v) is 7.99. The van der Waals surface area contributed by atoms with Crippen molar-refractivity contribution in [3.05, 3.63) is 16.1 Å².